The van der Waals surface area contributed by atoms with Crippen LogP contribution in [0.1, 0.15) is 10.5 Å². The van der Waals surface area contributed by atoms with Crippen LogP contribution in [0, 0.1) is 0 Å². The fraction of sp³-hybridized carbons (Fsp3) is 0.364. The predicted octanol–water partition coefficient (Wildman–Crippen LogP) is 0.378. The van der Waals surface area contributed by atoms with Crippen LogP contribution >= 0.6 is 0 Å². The van der Waals surface area contributed by atoms with Crippen molar-refractivity contribution in [3.63, 3.8) is 0 Å². The molecule has 0 bridgehead atoms. The Kier molecular flexibility index (Phi) is 2.49. The van der Waals surface area contributed by atoms with E-state index in [2.05, 4.69) is 14.9 Å². The van der Waals surface area contributed by atoms with E-state index in [1.165, 1.54) is 0 Å². The van der Waals surface area contributed by atoms with Gasteiger partial charge in [-0.2, -0.15) is 0 Å². The number of nitrogens with zero attached hydrogens (tertiary/aromatic N) is 4. The summed E-state index contributed by atoms with van der Waals surface area (Å²) in [6.45, 7) is 3.00. The summed E-state index contributed by atoms with van der Waals surface area (Å²) in [7, 11) is 0. The quantitative estimate of drug-likeness (QED) is 0.700. The second kappa shape index (κ2) is 4.14. The summed E-state index contributed by atoms with van der Waals surface area (Å²) >= 11 is 0. The molecule has 17 heavy (non-hydrogen) atoms. The third-order valence-electron chi connectivity index (χ3n) is 2.87. The number of morpholine rings is 1. The van der Waals surface area contributed by atoms with Crippen LogP contribution in [0.4, 0.5) is 5.82 Å². The van der Waals surface area contributed by atoms with Crippen LogP contribution in [0.5, 0.6) is 0 Å². The Morgan fingerprint density at radius 3 is 2.88 bits per heavy atom. The van der Waals surface area contributed by atoms with E-state index in [1.54, 1.807) is 23.0 Å². The van der Waals surface area contributed by atoms with E-state index in [-0.39, 0.29) is 0 Å². The molecule has 0 atom stereocenters. The molecule has 0 N–H and O–H groups in total. The maximum atomic E-state index is 10.9. The number of rotatable bonds is 2. The maximum absolute atomic E-state index is 10.9. The SMILES string of the molecule is O=Cc1cnc2c(N3CCOCC3)nccn12. The standard InChI is InChI=1S/C11H12N4O2/c16-8-9-7-13-11-10(12-1-2-15(9)11)14-3-5-17-6-4-14/h1-2,7-8H,3-6H2. The lowest BCUT2D eigenvalue weighted by Gasteiger charge is -2.27. The molecule has 88 valence electrons. The highest BCUT2D eigenvalue weighted by Crippen LogP contribution is 2.19. The molecule has 0 spiro atoms. The number of fused-ring (bicyclic) bond motifs is 1. The maximum Gasteiger partial charge on any atom is 0.180 e. The molecule has 1 saturated heterocycles. The highest BCUT2D eigenvalue weighted by atomic mass is 16.5. The number of anilines is 1. The molecule has 6 nitrogen and oxygen atoms in total. The Balaban J connectivity index is 2.09. The summed E-state index contributed by atoms with van der Waals surface area (Å²) in [5.41, 5.74) is 1.26. The molecule has 0 saturated carbocycles. The average molecular weight is 232 g/mol. The van der Waals surface area contributed by atoms with Gasteiger partial charge in [0.1, 0.15) is 5.69 Å². The molecular weight excluding hydrogens is 220 g/mol. The highest BCUT2D eigenvalue weighted by molar-refractivity contribution is 5.76. The zero-order valence-corrected chi connectivity index (χ0v) is 9.24. The van der Waals surface area contributed by atoms with Crippen LogP contribution in [0.25, 0.3) is 5.65 Å². The predicted molar refractivity (Wildman–Crippen MR) is 61.4 cm³/mol. The summed E-state index contributed by atoms with van der Waals surface area (Å²) in [6.07, 6.45) is 5.79. The molecule has 0 aliphatic carbocycles. The van der Waals surface area contributed by atoms with Crippen molar-refractivity contribution in [2.45, 2.75) is 0 Å². The van der Waals surface area contributed by atoms with E-state index >= 15 is 0 Å². The Morgan fingerprint density at radius 2 is 2.12 bits per heavy atom. The topological polar surface area (TPSA) is 59.7 Å². The minimum Gasteiger partial charge on any atom is -0.378 e. The summed E-state index contributed by atoms with van der Waals surface area (Å²) in [5, 5.41) is 0. The summed E-state index contributed by atoms with van der Waals surface area (Å²) < 4.78 is 7.06. The zero-order valence-electron chi connectivity index (χ0n) is 9.24. The van der Waals surface area contributed by atoms with Gasteiger partial charge in [0, 0.05) is 25.5 Å². The molecule has 0 radical (unpaired) electrons. The molecule has 1 aliphatic rings. The fourth-order valence-electron chi connectivity index (χ4n) is 2.01. The van der Waals surface area contributed by atoms with Gasteiger partial charge in [-0.25, -0.2) is 9.97 Å². The van der Waals surface area contributed by atoms with Crippen molar-refractivity contribution in [1.29, 1.82) is 0 Å². The third-order valence-corrected chi connectivity index (χ3v) is 2.87. The van der Waals surface area contributed by atoms with E-state index in [0.717, 1.165) is 30.8 Å². The lowest BCUT2D eigenvalue weighted by Crippen LogP contribution is -2.37. The summed E-state index contributed by atoms with van der Waals surface area (Å²) in [4.78, 5) is 21.6. The molecule has 0 aromatic carbocycles. The molecule has 1 fully saturated rings. The fourth-order valence-corrected chi connectivity index (χ4v) is 2.01. The second-order valence-corrected chi connectivity index (χ2v) is 3.84. The number of hydrogen-bond donors (Lipinski definition) is 0. The molecule has 3 heterocycles. The summed E-state index contributed by atoms with van der Waals surface area (Å²) in [6, 6.07) is 0. The van der Waals surface area contributed by atoms with Crippen molar-refractivity contribution in [3.8, 4) is 0 Å². The van der Waals surface area contributed by atoms with Crippen molar-refractivity contribution < 1.29 is 9.53 Å². The van der Waals surface area contributed by atoms with Gasteiger partial charge in [-0.1, -0.05) is 0 Å². The van der Waals surface area contributed by atoms with Crippen LogP contribution in [0.2, 0.25) is 0 Å². The Bertz CT molecular complexity index is 545. The van der Waals surface area contributed by atoms with Crippen molar-refractivity contribution >= 4 is 17.8 Å². The minimum atomic E-state index is 0.539. The van der Waals surface area contributed by atoms with Gasteiger partial charge in [-0.3, -0.25) is 9.20 Å². The smallest absolute Gasteiger partial charge is 0.180 e. The van der Waals surface area contributed by atoms with Gasteiger partial charge >= 0.3 is 0 Å². The average Bonchev–Trinajstić information content (AvgIpc) is 2.82. The van der Waals surface area contributed by atoms with Crippen molar-refractivity contribution in [2.75, 3.05) is 31.2 Å². The zero-order chi connectivity index (χ0) is 11.7. The van der Waals surface area contributed by atoms with Crippen LogP contribution in [0.15, 0.2) is 18.6 Å². The van der Waals surface area contributed by atoms with Crippen molar-refractivity contribution in [3.05, 3.63) is 24.3 Å². The van der Waals surface area contributed by atoms with Gasteiger partial charge in [0.05, 0.1) is 19.4 Å². The van der Waals surface area contributed by atoms with Gasteiger partial charge in [-0.05, 0) is 0 Å². The van der Waals surface area contributed by atoms with Crippen molar-refractivity contribution in [1.82, 2.24) is 14.4 Å². The Hall–Kier alpha value is -1.95. The number of carbonyl (C=O) groups excluding carboxylic acids is 1. The van der Waals surface area contributed by atoms with Crippen LogP contribution in [-0.2, 0) is 4.74 Å². The van der Waals surface area contributed by atoms with Crippen LogP contribution in [0.3, 0.4) is 0 Å². The third kappa shape index (κ3) is 1.66. The number of aromatic nitrogens is 3. The number of imidazole rings is 1. The first-order valence-corrected chi connectivity index (χ1v) is 5.50. The molecule has 0 amide bonds. The molecule has 6 heteroatoms. The number of aldehydes is 1. The van der Waals surface area contributed by atoms with Crippen LogP contribution in [-0.4, -0.2) is 47.0 Å². The lowest BCUT2D eigenvalue weighted by molar-refractivity contribution is 0.111. The summed E-state index contributed by atoms with van der Waals surface area (Å²) in [5.74, 6) is 0.809. The van der Waals surface area contributed by atoms with Gasteiger partial charge in [0.25, 0.3) is 0 Å². The van der Waals surface area contributed by atoms with E-state index in [1.807, 2.05) is 0 Å². The lowest BCUT2D eigenvalue weighted by atomic mass is 10.4. The highest BCUT2D eigenvalue weighted by Gasteiger charge is 2.17. The number of carbonyl (C=O) groups is 1. The van der Waals surface area contributed by atoms with Gasteiger partial charge in [0.15, 0.2) is 17.8 Å². The molecule has 3 rings (SSSR count). The largest absolute Gasteiger partial charge is 0.378 e. The number of ether oxygens (including phenoxy) is 1. The Labute approximate surface area is 97.8 Å². The first-order valence-electron chi connectivity index (χ1n) is 5.50. The minimum absolute atomic E-state index is 0.539. The monoisotopic (exact) mass is 232 g/mol. The molecule has 2 aromatic heterocycles. The van der Waals surface area contributed by atoms with E-state index in [0.29, 0.717) is 18.9 Å². The first kappa shape index (κ1) is 10.2. The van der Waals surface area contributed by atoms with Gasteiger partial charge < -0.3 is 9.64 Å². The van der Waals surface area contributed by atoms with Crippen molar-refractivity contribution in [2.24, 2.45) is 0 Å². The molecule has 2 aromatic rings. The van der Waals surface area contributed by atoms with Gasteiger partial charge in [0.2, 0.25) is 0 Å². The number of hydrogen-bond acceptors (Lipinski definition) is 5. The van der Waals surface area contributed by atoms with E-state index in [9.17, 15) is 4.79 Å². The van der Waals surface area contributed by atoms with Crippen LogP contribution < -0.4 is 4.90 Å². The van der Waals surface area contributed by atoms with E-state index in [4.69, 9.17) is 4.74 Å². The van der Waals surface area contributed by atoms with E-state index < -0.39 is 0 Å². The Morgan fingerprint density at radius 1 is 1.29 bits per heavy atom. The molecule has 0 unspecified atom stereocenters. The second-order valence-electron chi connectivity index (χ2n) is 3.84. The molecule has 1 aliphatic heterocycles. The first-order chi connectivity index (χ1) is 8.40. The molecular formula is C11H12N4O2. The normalized spacial score (nSPS) is 16.4. The van der Waals surface area contributed by atoms with Gasteiger partial charge in [-0.15, -0.1) is 0 Å².